The van der Waals surface area contributed by atoms with Gasteiger partial charge in [-0.3, -0.25) is 9.80 Å². The Morgan fingerprint density at radius 3 is 2.39 bits per heavy atom. The van der Waals surface area contributed by atoms with Gasteiger partial charge in [0.2, 0.25) is 5.91 Å². The third-order valence-electron chi connectivity index (χ3n) is 6.90. The van der Waals surface area contributed by atoms with E-state index in [0.29, 0.717) is 44.0 Å². The molecule has 0 bridgehead atoms. The van der Waals surface area contributed by atoms with Crippen LogP contribution in [0.3, 0.4) is 0 Å². The number of benzene rings is 2. The Hall–Kier alpha value is -4.64. The van der Waals surface area contributed by atoms with Crippen LogP contribution >= 0.6 is 0 Å². The first kappa shape index (κ1) is 25.0. The van der Waals surface area contributed by atoms with Crippen LogP contribution in [0.4, 0.5) is 5.82 Å². The second-order valence-electron chi connectivity index (χ2n) is 9.35. The molecule has 1 amide bonds. The summed E-state index contributed by atoms with van der Waals surface area (Å²) in [5.41, 5.74) is 5.61. The Kier molecular flexibility index (Phi) is 7.36. The number of pyridine rings is 1. The van der Waals surface area contributed by atoms with Crippen molar-refractivity contribution in [3.05, 3.63) is 95.2 Å². The van der Waals surface area contributed by atoms with Gasteiger partial charge in [0, 0.05) is 38.8 Å². The largest absolute Gasteiger partial charge is 0.497 e. The summed E-state index contributed by atoms with van der Waals surface area (Å²) in [6.45, 7) is 4.57. The number of aryl methyl sites for hydroxylation is 1. The molecule has 1 aromatic heterocycles. The molecule has 0 aliphatic carbocycles. The summed E-state index contributed by atoms with van der Waals surface area (Å²) in [5.74, 6) is 1.47. The second kappa shape index (κ2) is 11.2. The maximum Gasteiger partial charge on any atom is 0.244 e. The number of carbonyl (C=O) groups is 1. The van der Waals surface area contributed by atoms with Crippen LogP contribution in [-0.4, -0.2) is 66.3 Å². The lowest BCUT2D eigenvalue weighted by Crippen LogP contribution is -2.51. The predicted octanol–water partition coefficient (Wildman–Crippen LogP) is 4.07. The fourth-order valence-corrected chi connectivity index (χ4v) is 4.74. The van der Waals surface area contributed by atoms with E-state index in [4.69, 9.17) is 9.84 Å². The van der Waals surface area contributed by atoms with Gasteiger partial charge in [0.05, 0.1) is 24.1 Å². The molecule has 2 aliphatic heterocycles. The number of amides is 1. The van der Waals surface area contributed by atoms with Gasteiger partial charge in [-0.2, -0.15) is 10.4 Å². The third-order valence-corrected chi connectivity index (χ3v) is 6.90. The summed E-state index contributed by atoms with van der Waals surface area (Å²) in [4.78, 5) is 21.8. The monoisotopic (exact) mass is 506 g/mol. The molecule has 0 spiro atoms. The molecule has 1 saturated heterocycles. The van der Waals surface area contributed by atoms with Crippen LogP contribution in [0, 0.1) is 18.3 Å². The zero-order valence-electron chi connectivity index (χ0n) is 21.7. The third kappa shape index (κ3) is 5.37. The van der Waals surface area contributed by atoms with E-state index in [0.717, 1.165) is 28.3 Å². The molecule has 0 atom stereocenters. The number of rotatable bonds is 6. The van der Waals surface area contributed by atoms with Gasteiger partial charge in [-0.05, 0) is 54.4 Å². The van der Waals surface area contributed by atoms with E-state index >= 15 is 0 Å². The highest BCUT2D eigenvalue weighted by Gasteiger charge is 2.27. The maximum absolute atomic E-state index is 13.5. The number of carbonyl (C=O) groups excluding carboxylic acids is 1. The number of ether oxygens (including phenoxy) is 1. The van der Waals surface area contributed by atoms with Gasteiger partial charge in [-0.1, -0.05) is 35.9 Å². The Morgan fingerprint density at radius 1 is 1.00 bits per heavy atom. The van der Waals surface area contributed by atoms with Gasteiger partial charge in [0.1, 0.15) is 24.2 Å². The van der Waals surface area contributed by atoms with E-state index in [1.54, 1.807) is 25.4 Å². The number of nitrogens with zero attached hydrogens (tertiary/aromatic N) is 6. The average Bonchev–Trinajstić information content (AvgIpc) is 2.97. The average molecular weight is 507 g/mol. The van der Waals surface area contributed by atoms with Gasteiger partial charge >= 0.3 is 0 Å². The Bertz CT molecular complexity index is 1400. The highest BCUT2D eigenvalue weighted by atomic mass is 16.5. The standard InChI is InChI=1S/C30H30N6O2/c1-22-5-7-23(8-6-22)27-13-14-28(24-9-11-26(38-2)12-10-24)36(33-27)21-29(37)34-16-18-35(19-17-34)30-25(20-31)4-3-15-32-30/h3-12,14-15H,13,16-19,21H2,1-2H3. The van der Waals surface area contributed by atoms with Crippen LogP contribution in [0.1, 0.15) is 28.7 Å². The van der Waals surface area contributed by atoms with E-state index in [1.807, 2.05) is 34.2 Å². The molecule has 2 aliphatic rings. The van der Waals surface area contributed by atoms with Crippen LogP contribution in [-0.2, 0) is 4.79 Å². The summed E-state index contributed by atoms with van der Waals surface area (Å²) in [5, 5.41) is 16.2. The predicted molar refractivity (Wildman–Crippen MR) is 148 cm³/mol. The normalized spacial score (nSPS) is 15.4. The number of anilines is 1. The lowest BCUT2D eigenvalue weighted by molar-refractivity contribution is -0.132. The van der Waals surface area contributed by atoms with Crippen molar-refractivity contribution in [1.29, 1.82) is 5.26 Å². The lowest BCUT2D eigenvalue weighted by atomic mass is 10.0. The Labute approximate surface area is 223 Å². The first-order chi connectivity index (χ1) is 18.6. The number of allylic oxidation sites excluding steroid dienone is 1. The molecular formula is C30H30N6O2. The van der Waals surface area contributed by atoms with Crippen molar-refractivity contribution in [2.24, 2.45) is 5.10 Å². The van der Waals surface area contributed by atoms with Crippen LogP contribution in [0.15, 0.2) is 78.0 Å². The summed E-state index contributed by atoms with van der Waals surface area (Å²) in [6.07, 6.45) is 4.51. The molecule has 0 N–H and O–H groups in total. The number of piperazine rings is 1. The summed E-state index contributed by atoms with van der Waals surface area (Å²) in [7, 11) is 1.65. The van der Waals surface area contributed by atoms with Crippen molar-refractivity contribution in [3.63, 3.8) is 0 Å². The van der Waals surface area contributed by atoms with Crippen molar-refractivity contribution in [2.75, 3.05) is 44.7 Å². The Balaban J connectivity index is 1.33. The van der Waals surface area contributed by atoms with Crippen molar-refractivity contribution in [1.82, 2.24) is 14.9 Å². The van der Waals surface area contributed by atoms with Crippen molar-refractivity contribution < 1.29 is 9.53 Å². The molecule has 0 unspecified atom stereocenters. The van der Waals surface area contributed by atoms with E-state index in [-0.39, 0.29) is 12.5 Å². The van der Waals surface area contributed by atoms with Crippen LogP contribution in [0.25, 0.3) is 5.70 Å². The van der Waals surface area contributed by atoms with Crippen LogP contribution < -0.4 is 9.64 Å². The summed E-state index contributed by atoms with van der Waals surface area (Å²) < 4.78 is 5.32. The molecule has 2 aromatic carbocycles. The quantitative estimate of drug-likeness (QED) is 0.501. The molecule has 8 heteroatoms. The van der Waals surface area contributed by atoms with Gasteiger partial charge in [0.15, 0.2) is 0 Å². The number of hydrazone groups is 1. The minimum atomic E-state index is 0.0134. The van der Waals surface area contributed by atoms with E-state index in [2.05, 4.69) is 53.2 Å². The van der Waals surface area contributed by atoms with E-state index < -0.39 is 0 Å². The molecular weight excluding hydrogens is 476 g/mol. The summed E-state index contributed by atoms with van der Waals surface area (Å²) >= 11 is 0. The molecule has 38 heavy (non-hydrogen) atoms. The Morgan fingerprint density at radius 2 is 1.71 bits per heavy atom. The highest BCUT2D eigenvalue weighted by molar-refractivity contribution is 6.03. The zero-order valence-corrected chi connectivity index (χ0v) is 21.7. The van der Waals surface area contributed by atoms with Gasteiger partial charge < -0.3 is 14.5 Å². The number of aromatic nitrogens is 1. The maximum atomic E-state index is 13.5. The fourth-order valence-electron chi connectivity index (χ4n) is 4.74. The number of methoxy groups -OCH3 is 1. The van der Waals surface area contributed by atoms with Crippen LogP contribution in [0.2, 0.25) is 0 Å². The van der Waals surface area contributed by atoms with Gasteiger partial charge in [0.25, 0.3) is 0 Å². The van der Waals surface area contributed by atoms with E-state index in [1.165, 1.54) is 5.56 Å². The zero-order chi connectivity index (χ0) is 26.5. The topological polar surface area (TPSA) is 85.1 Å². The van der Waals surface area contributed by atoms with Crippen molar-refractivity contribution in [3.8, 4) is 11.8 Å². The molecule has 192 valence electrons. The molecule has 5 rings (SSSR count). The molecule has 0 saturated carbocycles. The first-order valence-electron chi connectivity index (χ1n) is 12.7. The van der Waals surface area contributed by atoms with Gasteiger partial charge in [-0.25, -0.2) is 4.98 Å². The SMILES string of the molecule is COc1ccc(C2=CCC(c3ccc(C)cc3)=NN2CC(=O)N2CCN(c3ncccc3C#N)CC2)cc1. The molecule has 8 nitrogen and oxygen atoms in total. The molecule has 3 heterocycles. The lowest BCUT2D eigenvalue weighted by Gasteiger charge is -2.37. The molecule has 0 radical (unpaired) electrons. The highest BCUT2D eigenvalue weighted by Crippen LogP contribution is 2.28. The minimum absolute atomic E-state index is 0.0134. The first-order valence-corrected chi connectivity index (χ1v) is 12.7. The van der Waals surface area contributed by atoms with Crippen molar-refractivity contribution >= 4 is 23.1 Å². The van der Waals surface area contributed by atoms with Crippen molar-refractivity contribution in [2.45, 2.75) is 13.3 Å². The smallest absolute Gasteiger partial charge is 0.244 e. The van der Waals surface area contributed by atoms with Gasteiger partial charge in [-0.15, -0.1) is 0 Å². The van der Waals surface area contributed by atoms with E-state index in [9.17, 15) is 10.1 Å². The fraction of sp³-hybridized carbons (Fsp3) is 0.267. The molecule has 3 aromatic rings. The molecule has 1 fully saturated rings. The summed E-state index contributed by atoms with van der Waals surface area (Å²) in [6, 6.07) is 21.9. The number of nitriles is 1. The number of hydrogen-bond donors (Lipinski definition) is 0. The van der Waals surface area contributed by atoms with Crippen LogP contribution in [0.5, 0.6) is 5.75 Å². The second-order valence-corrected chi connectivity index (χ2v) is 9.35. The minimum Gasteiger partial charge on any atom is -0.497 e. The number of hydrogen-bond acceptors (Lipinski definition) is 7.